The molecule has 0 spiro atoms. The van der Waals surface area contributed by atoms with Crippen molar-refractivity contribution < 1.29 is 9.53 Å². The number of carbonyl (C=O) groups is 1. The van der Waals surface area contributed by atoms with Gasteiger partial charge in [0.15, 0.2) is 0 Å². The van der Waals surface area contributed by atoms with E-state index in [1.165, 1.54) is 7.11 Å². The molecule has 0 unspecified atom stereocenters. The molecule has 0 atom stereocenters. The molecule has 1 rings (SSSR count). The SMILES string of the molecule is COc1cccc(N/N=C(/C#N)C(N)=O)c1. The van der Waals surface area contributed by atoms with E-state index in [2.05, 4.69) is 10.5 Å². The number of nitrogens with zero attached hydrogens (tertiary/aromatic N) is 2. The zero-order valence-corrected chi connectivity index (χ0v) is 8.60. The molecule has 6 nitrogen and oxygen atoms in total. The predicted octanol–water partition coefficient (Wildman–Crippen LogP) is 0.472. The quantitative estimate of drug-likeness (QED) is 0.566. The van der Waals surface area contributed by atoms with Crippen LogP contribution in [0.3, 0.4) is 0 Å². The molecule has 0 aliphatic rings. The van der Waals surface area contributed by atoms with Gasteiger partial charge in [0.25, 0.3) is 5.91 Å². The first-order chi connectivity index (χ1) is 7.67. The molecule has 0 aromatic heterocycles. The van der Waals surface area contributed by atoms with Gasteiger partial charge in [-0.05, 0) is 12.1 Å². The van der Waals surface area contributed by atoms with E-state index < -0.39 is 5.91 Å². The average Bonchev–Trinajstić information content (AvgIpc) is 2.29. The standard InChI is InChI=1S/C10H10N4O2/c1-16-8-4-2-3-7(5-8)13-14-9(6-11)10(12)15/h2-5,13H,1H3,(H2,12,15)/b14-9-. The summed E-state index contributed by atoms with van der Waals surface area (Å²) in [5, 5.41) is 12.1. The van der Waals surface area contributed by atoms with E-state index in [1.54, 1.807) is 30.3 Å². The van der Waals surface area contributed by atoms with Crippen molar-refractivity contribution in [2.24, 2.45) is 10.8 Å². The lowest BCUT2D eigenvalue weighted by Gasteiger charge is -2.03. The highest BCUT2D eigenvalue weighted by molar-refractivity contribution is 6.44. The molecule has 1 aromatic rings. The van der Waals surface area contributed by atoms with Gasteiger partial charge in [0, 0.05) is 6.07 Å². The van der Waals surface area contributed by atoms with Crippen molar-refractivity contribution in [1.29, 1.82) is 5.26 Å². The van der Waals surface area contributed by atoms with E-state index in [0.29, 0.717) is 11.4 Å². The first kappa shape index (κ1) is 11.5. The molecule has 0 radical (unpaired) electrons. The number of hydrogen-bond acceptors (Lipinski definition) is 5. The average molecular weight is 218 g/mol. The fourth-order valence-corrected chi connectivity index (χ4v) is 0.948. The van der Waals surface area contributed by atoms with Gasteiger partial charge in [-0.15, -0.1) is 0 Å². The first-order valence-corrected chi connectivity index (χ1v) is 4.35. The molecule has 0 heterocycles. The Labute approximate surface area is 92.3 Å². The Morgan fingerprint density at radius 3 is 2.94 bits per heavy atom. The molecule has 1 aromatic carbocycles. The second-order valence-electron chi connectivity index (χ2n) is 2.78. The van der Waals surface area contributed by atoms with Gasteiger partial charge in [0.05, 0.1) is 12.8 Å². The van der Waals surface area contributed by atoms with Gasteiger partial charge in [-0.1, -0.05) is 6.07 Å². The number of nitrogens with two attached hydrogens (primary N) is 1. The van der Waals surface area contributed by atoms with Crippen molar-refractivity contribution in [3.8, 4) is 11.8 Å². The van der Waals surface area contributed by atoms with Crippen LogP contribution in [0.1, 0.15) is 0 Å². The highest BCUT2D eigenvalue weighted by atomic mass is 16.5. The number of benzene rings is 1. The molecular formula is C10H10N4O2. The number of ether oxygens (including phenoxy) is 1. The second kappa shape index (κ2) is 5.36. The zero-order valence-electron chi connectivity index (χ0n) is 8.60. The van der Waals surface area contributed by atoms with Crippen molar-refractivity contribution in [3.63, 3.8) is 0 Å². The van der Waals surface area contributed by atoms with Gasteiger partial charge >= 0.3 is 0 Å². The topological polar surface area (TPSA) is 100 Å². The van der Waals surface area contributed by atoms with Crippen LogP contribution in [-0.4, -0.2) is 18.7 Å². The monoisotopic (exact) mass is 218 g/mol. The van der Waals surface area contributed by atoms with Gasteiger partial charge in [-0.2, -0.15) is 10.4 Å². The van der Waals surface area contributed by atoms with Crippen molar-refractivity contribution >= 4 is 17.3 Å². The lowest BCUT2D eigenvalue weighted by Crippen LogP contribution is -2.22. The fraction of sp³-hybridized carbons (Fsp3) is 0.100. The summed E-state index contributed by atoms with van der Waals surface area (Å²) in [5.41, 5.74) is 7.65. The third-order valence-corrected chi connectivity index (χ3v) is 1.71. The third kappa shape index (κ3) is 2.99. The summed E-state index contributed by atoms with van der Waals surface area (Å²) >= 11 is 0. The number of hydrazone groups is 1. The van der Waals surface area contributed by atoms with Crippen LogP contribution in [0.15, 0.2) is 29.4 Å². The van der Waals surface area contributed by atoms with Gasteiger partial charge < -0.3 is 10.5 Å². The smallest absolute Gasteiger partial charge is 0.280 e. The van der Waals surface area contributed by atoms with Crippen LogP contribution in [0.2, 0.25) is 0 Å². The number of anilines is 1. The summed E-state index contributed by atoms with van der Waals surface area (Å²) in [4.78, 5) is 10.7. The molecule has 0 fully saturated rings. The van der Waals surface area contributed by atoms with E-state index in [-0.39, 0.29) is 5.71 Å². The van der Waals surface area contributed by atoms with E-state index in [9.17, 15) is 4.79 Å². The fourth-order valence-electron chi connectivity index (χ4n) is 0.948. The maximum atomic E-state index is 10.7. The second-order valence-corrected chi connectivity index (χ2v) is 2.78. The van der Waals surface area contributed by atoms with Crippen LogP contribution in [0.4, 0.5) is 5.69 Å². The Hall–Kier alpha value is -2.55. The number of amides is 1. The maximum Gasteiger partial charge on any atom is 0.280 e. The highest BCUT2D eigenvalue weighted by Gasteiger charge is 2.04. The Kier molecular flexibility index (Phi) is 3.86. The molecule has 0 saturated carbocycles. The predicted molar refractivity (Wildman–Crippen MR) is 58.9 cm³/mol. The Bertz CT molecular complexity index is 462. The van der Waals surface area contributed by atoms with Crippen LogP contribution in [0.5, 0.6) is 5.75 Å². The molecule has 0 bridgehead atoms. The summed E-state index contributed by atoms with van der Waals surface area (Å²) in [6, 6.07) is 8.46. The normalized spacial score (nSPS) is 10.4. The summed E-state index contributed by atoms with van der Waals surface area (Å²) in [6.07, 6.45) is 0. The van der Waals surface area contributed by atoms with E-state index in [4.69, 9.17) is 15.7 Å². The van der Waals surface area contributed by atoms with Crippen LogP contribution >= 0.6 is 0 Å². The van der Waals surface area contributed by atoms with Gasteiger partial charge in [-0.25, -0.2) is 0 Å². The molecule has 0 aliphatic carbocycles. The lowest BCUT2D eigenvalue weighted by molar-refractivity contribution is -0.111. The zero-order chi connectivity index (χ0) is 12.0. The summed E-state index contributed by atoms with van der Waals surface area (Å²) < 4.78 is 4.99. The van der Waals surface area contributed by atoms with Gasteiger partial charge in [0.2, 0.25) is 5.71 Å². The number of nitrogens with one attached hydrogen (secondary N) is 1. The van der Waals surface area contributed by atoms with Crippen LogP contribution in [-0.2, 0) is 4.79 Å². The largest absolute Gasteiger partial charge is 0.497 e. The lowest BCUT2D eigenvalue weighted by atomic mass is 10.3. The number of primary amides is 1. The minimum Gasteiger partial charge on any atom is -0.497 e. The number of hydrogen-bond donors (Lipinski definition) is 2. The third-order valence-electron chi connectivity index (χ3n) is 1.71. The van der Waals surface area contributed by atoms with Gasteiger partial charge in [-0.3, -0.25) is 10.2 Å². The minimum atomic E-state index is -0.877. The van der Waals surface area contributed by atoms with Crippen LogP contribution in [0.25, 0.3) is 0 Å². The summed E-state index contributed by atoms with van der Waals surface area (Å²) in [7, 11) is 1.53. The van der Waals surface area contributed by atoms with Crippen LogP contribution < -0.4 is 15.9 Å². The Morgan fingerprint density at radius 2 is 2.38 bits per heavy atom. The van der Waals surface area contributed by atoms with Crippen molar-refractivity contribution in [2.75, 3.05) is 12.5 Å². The van der Waals surface area contributed by atoms with Crippen molar-refractivity contribution in [1.82, 2.24) is 0 Å². The number of methoxy groups -OCH3 is 1. The highest BCUT2D eigenvalue weighted by Crippen LogP contribution is 2.16. The molecule has 16 heavy (non-hydrogen) atoms. The van der Waals surface area contributed by atoms with Crippen LogP contribution in [0, 0.1) is 11.3 Å². The Balaban J connectivity index is 2.81. The molecule has 3 N–H and O–H groups in total. The van der Waals surface area contributed by atoms with E-state index in [0.717, 1.165) is 0 Å². The summed E-state index contributed by atoms with van der Waals surface area (Å²) in [6.45, 7) is 0. The molecule has 0 saturated heterocycles. The molecule has 82 valence electrons. The maximum absolute atomic E-state index is 10.7. The molecule has 6 heteroatoms. The van der Waals surface area contributed by atoms with Crippen molar-refractivity contribution in [3.05, 3.63) is 24.3 Å². The number of nitriles is 1. The van der Waals surface area contributed by atoms with E-state index >= 15 is 0 Å². The molecule has 0 aliphatic heterocycles. The minimum absolute atomic E-state index is 0.386. The van der Waals surface area contributed by atoms with Crippen molar-refractivity contribution in [2.45, 2.75) is 0 Å². The Morgan fingerprint density at radius 1 is 1.62 bits per heavy atom. The summed E-state index contributed by atoms with van der Waals surface area (Å²) in [5.74, 6) is -0.240. The first-order valence-electron chi connectivity index (χ1n) is 4.35. The van der Waals surface area contributed by atoms with E-state index in [1.807, 2.05) is 0 Å². The number of carbonyl (C=O) groups excluding carboxylic acids is 1. The number of rotatable bonds is 4. The molecule has 1 amide bonds. The van der Waals surface area contributed by atoms with Gasteiger partial charge in [0.1, 0.15) is 11.8 Å². The molecular weight excluding hydrogens is 208 g/mol.